The number of nitrogens with two attached hydrogens (primary N) is 1. The summed E-state index contributed by atoms with van der Waals surface area (Å²) in [6.45, 7) is 1.94. The monoisotopic (exact) mass is 349 g/mol. The van der Waals surface area contributed by atoms with Gasteiger partial charge in [-0.05, 0) is 28.1 Å². The Morgan fingerprint density at radius 3 is 2.68 bits per heavy atom. The fraction of sp³-hybridized carbons (Fsp3) is 0.364. The minimum absolute atomic E-state index is 0.0246. The zero-order valence-electron chi connectivity index (χ0n) is 10.2. The number of nitrogens with zero attached hydrogens (tertiary/aromatic N) is 2. The molecule has 0 aromatic heterocycles. The summed E-state index contributed by atoms with van der Waals surface area (Å²) in [7, 11) is -3.83. The second kappa shape index (κ2) is 6.32. The molecule has 0 unspecified atom stereocenters. The van der Waals surface area contributed by atoms with Crippen molar-refractivity contribution >= 4 is 31.6 Å². The van der Waals surface area contributed by atoms with Crippen molar-refractivity contribution in [1.82, 2.24) is 4.31 Å². The average Bonchev–Trinajstić information content (AvgIpc) is 2.34. The summed E-state index contributed by atoms with van der Waals surface area (Å²) in [5, 5.41) is 8.53. The van der Waals surface area contributed by atoms with Crippen molar-refractivity contribution in [1.29, 1.82) is 5.26 Å². The third-order valence-electron chi connectivity index (χ3n) is 2.50. The van der Waals surface area contributed by atoms with E-state index in [0.717, 1.165) is 16.4 Å². The van der Waals surface area contributed by atoms with Gasteiger partial charge in [0.25, 0.3) is 0 Å². The lowest BCUT2D eigenvalue weighted by atomic mass is 10.3. The highest BCUT2D eigenvalue weighted by molar-refractivity contribution is 9.10. The molecule has 0 aliphatic carbocycles. The summed E-state index contributed by atoms with van der Waals surface area (Å²) < 4.78 is 39.1. The van der Waals surface area contributed by atoms with E-state index in [1.54, 1.807) is 6.92 Å². The SMILES string of the molecule is CCN(CCC#N)S(=O)(=O)c1cc(Br)c(F)cc1N. The van der Waals surface area contributed by atoms with E-state index in [1.807, 2.05) is 6.07 Å². The van der Waals surface area contributed by atoms with Gasteiger partial charge < -0.3 is 5.73 Å². The molecule has 19 heavy (non-hydrogen) atoms. The van der Waals surface area contributed by atoms with Gasteiger partial charge in [-0.25, -0.2) is 12.8 Å². The Morgan fingerprint density at radius 2 is 2.16 bits per heavy atom. The van der Waals surface area contributed by atoms with Crippen LogP contribution in [0.3, 0.4) is 0 Å². The smallest absolute Gasteiger partial charge is 0.245 e. The first kappa shape index (κ1) is 15.9. The van der Waals surface area contributed by atoms with Gasteiger partial charge in [-0.3, -0.25) is 0 Å². The molecule has 1 aromatic carbocycles. The molecule has 0 aliphatic heterocycles. The molecule has 0 aliphatic rings. The minimum Gasteiger partial charge on any atom is -0.398 e. The molecular formula is C11H13BrFN3O2S. The van der Waals surface area contributed by atoms with Crippen LogP contribution in [0.2, 0.25) is 0 Å². The van der Waals surface area contributed by atoms with Crippen LogP contribution in [0.1, 0.15) is 13.3 Å². The van der Waals surface area contributed by atoms with Gasteiger partial charge in [0.05, 0.1) is 16.2 Å². The summed E-state index contributed by atoms with van der Waals surface area (Å²) in [4.78, 5) is -0.166. The number of rotatable bonds is 5. The van der Waals surface area contributed by atoms with E-state index in [1.165, 1.54) is 0 Å². The first-order chi connectivity index (χ1) is 8.84. The van der Waals surface area contributed by atoms with Crippen molar-refractivity contribution in [3.63, 3.8) is 0 Å². The lowest BCUT2D eigenvalue weighted by Gasteiger charge is -2.20. The number of sulfonamides is 1. The van der Waals surface area contributed by atoms with Gasteiger partial charge in [-0.1, -0.05) is 6.92 Å². The van der Waals surface area contributed by atoms with Gasteiger partial charge in [0.2, 0.25) is 10.0 Å². The predicted molar refractivity (Wildman–Crippen MR) is 73.2 cm³/mol. The summed E-state index contributed by atoms with van der Waals surface area (Å²) in [6.07, 6.45) is 0.0787. The van der Waals surface area contributed by atoms with E-state index in [2.05, 4.69) is 15.9 Å². The maximum absolute atomic E-state index is 13.3. The lowest BCUT2D eigenvalue weighted by Crippen LogP contribution is -2.32. The molecule has 0 atom stereocenters. The molecule has 0 saturated heterocycles. The molecule has 0 radical (unpaired) electrons. The zero-order chi connectivity index (χ0) is 14.6. The van der Waals surface area contributed by atoms with Crippen LogP contribution in [0.25, 0.3) is 0 Å². The van der Waals surface area contributed by atoms with E-state index < -0.39 is 15.8 Å². The van der Waals surface area contributed by atoms with Crippen molar-refractivity contribution in [2.45, 2.75) is 18.2 Å². The third kappa shape index (κ3) is 3.43. The van der Waals surface area contributed by atoms with Gasteiger partial charge >= 0.3 is 0 Å². The lowest BCUT2D eigenvalue weighted by molar-refractivity contribution is 0.435. The van der Waals surface area contributed by atoms with Crippen LogP contribution in [0, 0.1) is 17.1 Å². The second-order valence-corrected chi connectivity index (χ2v) is 6.47. The van der Waals surface area contributed by atoms with Crippen LogP contribution < -0.4 is 5.73 Å². The fourth-order valence-electron chi connectivity index (χ4n) is 1.53. The maximum atomic E-state index is 13.3. The van der Waals surface area contributed by atoms with Crippen LogP contribution in [0.15, 0.2) is 21.5 Å². The Balaban J connectivity index is 3.26. The van der Waals surface area contributed by atoms with Gasteiger partial charge in [0, 0.05) is 19.5 Å². The van der Waals surface area contributed by atoms with E-state index >= 15 is 0 Å². The Hall–Kier alpha value is -1.17. The Morgan fingerprint density at radius 1 is 1.53 bits per heavy atom. The Bertz CT molecular complexity index is 613. The highest BCUT2D eigenvalue weighted by atomic mass is 79.9. The summed E-state index contributed by atoms with van der Waals surface area (Å²) in [5.41, 5.74) is 5.41. The van der Waals surface area contributed by atoms with Crippen molar-refractivity contribution in [3.05, 3.63) is 22.4 Å². The molecule has 1 aromatic rings. The molecule has 0 fully saturated rings. The predicted octanol–water partition coefficient (Wildman–Crippen LogP) is 2.09. The second-order valence-electron chi connectivity index (χ2n) is 3.71. The normalized spacial score (nSPS) is 11.5. The Kier molecular flexibility index (Phi) is 5.29. The maximum Gasteiger partial charge on any atom is 0.245 e. The van der Waals surface area contributed by atoms with Crippen LogP contribution in [-0.2, 0) is 10.0 Å². The molecule has 0 amide bonds. The number of nitrogen functional groups attached to an aromatic ring is 1. The molecule has 0 spiro atoms. The van der Waals surface area contributed by atoms with Crippen molar-refractivity contribution in [2.24, 2.45) is 0 Å². The summed E-state index contributed by atoms with van der Waals surface area (Å²) in [6, 6.07) is 3.97. The summed E-state index contributed by atoms with van der Waals surface area (Å²) >= 11 is 2.93. The summed E-state index contributed by atoms with van der Waals surface area (Å²) in [5.74, 6) is -0.628. The number of hydrogen-bond donors (Lipinski definition) is 1. The molecular weight excluding hydrogens is 337 g/mol. The highest BCUT2D eigenvalue weighted by Gasteiger charge is 2.26. The number of halogens is 2. The van der Waals surface area contributed by atoms with Gasteiger partial charge in [0.15, 0.2) is 0 Å². The number of benzene rings is 1. The average molecular weight is 350 g/mol. The van der Waals surface area contributed by atoms with Crippen LogP contribution >= 0.6 is 15.9 Å². The van der Waals surface area contributed by atoms with E-state index in [4.69, 9.17) is 11.0 Å². The molecule has 0 bridgehead atoms. The number of nitriles is 1. The molecule has 0 saturated carbocycles. The van der Waals surface area contributed by atoms with Crippen molar-refractivity contribution in [2.75, 3.05) is 18.8 Å². The first-order valence-electron chi connectivity index (χ1n) is 5.46. The molecule has 5 nitrogen and oxygen atoms in total. The molecule has 2 N–H and O–H groups in total. The zero-order valence-corrected chi connectivity index (χ0v) is 12.6. The van der Waals surface area contributed by atoms with E-state index in [0.29, 0.717) is 0 Å². The molecule has 1 rings (SSSR count). The van der Waals surface area contributed by atoms with Gasteiger partial charge in [0.1, 0.15) is 10.7 Å². The van der Waals surface area contributed by atoms with Crippen molar-refractivity contribution in [3.8, 4) is 6.07 Å². The Labute approximate surface area is 120 Å². The largest absolute Gasteiger partial charge is 0.398 e. The quantitative estimate of drug-likeness (QED) is 0.824. The topological polar surface area (TPSA) is 87.2 Å². The molecule has 104 valence electrons. The van der Waals surface area contributed by atoms with E-state index in [9.17, 15) is 12.8 Å². The van der Waals surface area contributed by atoms with Crippen LogP contribution in [-0.4, -0.2) is 25.8 Å². The van der Waals surface area contributed by atoms with Crippen LogP contribution in [0.4, 0.5) is 10.1 Å². The van der Waals surface area contributed by atoms with Gasteiger partial charge in [-0.2, -0.15) is 9.57 Å². The highest BCUT2D eigenvalue weighted by Crippen LogP contribution is 2.28. The number of hydrogen-bond acceptors (Lipinski definition) is 4. The van der Waals surface area contributed by atoms with Crippen LogP contribution in [0.5, 0.6) is 0 Å². The standard InChI is InChI=1S/C11H13BrFN3O2S/c1-2-16(5-3-4-14)19(17,18)11-6-8(12)9(13)7-10(11)15/h6-7H,2-3,5,15H2,1H3. The molecule has 0 heterocycles. The number of anilines is 1. The van der Waals surface area contributed by atoms with E-state index in [-0.39, 0.29) is 34.6 Å². The molecule has 8 heteroatoms. The minimum atomic E-state index is -3.83. The third-order valence-corrected chi connectivity index (χ3v) is 5.13. The van der Waals surface area contributed by atoms with Crippen molar-refractivity contribution < 1.29 is 12.8 Å². The van der Waals surface area contributed by atoms with Gasteiger partial charge in [-0.15, -0.1) is 0 Å². The fourth-order valence-corrected chi connectivity index (χ4v) is 3.60. The first-order valence-corrected chi connectivity index (χ1v) is 7.69.